The number of nitrogens with one attached hydrogen (secondary N) is 2. The Hall–Kier alpha value is -2.23. The third kappa shape index (κ3) is 5.61. The van der Waals surface area contributed by atoms with E-state index in [4.69, 9.17) is 4.74 Å². The van der Waals surface area contributed by atoms with Gasteiger partial charge in [0.1, 0.15) is 6.20 Å². The molecule has 1 aromatic heterocycles. The lowest BCUT2D eigenvalue weighted by atomic mass is 10.4. The van der Waals surface area contributed by atoms with Crippen LogP contribution in [0.1, 0.15) is 19.8 Å². The fourth-order valence-electron chi connectivity index (χ4n) is 1.09. The van der Waals surface area contributed by atoms with Crippen LogP contribution < -0.4 is 10.6 Å². The molecule has 10 heteroatoms. The van der Waals surface area contributed by atoms with Crippen LogP contribution in [-0.4, -0.2) is 35.1 Å². The van der Waals surface area contributed by atoms with Crippen molar-refractivity contribution in [2.45, 2.75) is 19.8 Å². The summed E-state index contributed by atoms with van der Waals surface area (Å²) in [6, 6.07) is 0. The molecule has 1 rings (SSSR count). The predicted octanol–water partition coefficient (Wildman–Crippen LogP) is 1.52. The molecule has 0 saturated heterocycles. The number of rotatable bonds is 7. The molecule has 1 heterocycles. The number of thiazole rings is 1. The van der Waals surface area contributed by atoms with Crippen molar-refractivity contribution in [1.29, 1.82) is 0 Å². The Balaban J connectivity index is 2.28. The molecule has 2 amide bonds. The highest BCUT2D eigenvalue weighted by Crippen LogP contribution is 2.24. The van der Waals surface area contributed by atoms with Crippen LogP contribution in [0.4, 0.5) is 14.9 Å². The Kier molecular flexibility index (Phi) is 6.37. The van der Waals surface area contributed by atoms with Crippen LogP contribution in [0, 0.1) is 10.1 Å². The van der Waals surface area contributed by atoms with Gasteiger partial charge in [0.2, 0.25) is 5.91 Å². The zero-order valence-electron chi connectivity index (χ0n) is 10.7. The summed E-state index contributed by atoms with van der Waals surface area (Å²) in [6.07, 6.45) is 1.88. The molecule has 0 aliphatic carbocycles. The summed E-state index contributed by atoms with van der Waals surface area (Å²) in [5.74, 6) is -0.607. The van der Waals surface area contributed by atoms with Gasteiger partial charge in [-0.1, -0.05) is 13.3 Å². The predicted molar refractivity (Wildman–Crippen MR) is 71.7 cm³/mol. The van der Waals surface area contributed by atoms with Gasteiger partial charge in [0.05, 0.1) is 18.1 Å². The summed E-state index contributed by atoms with van der Waals surface area (Å²) in [7, 11) is 0. The van der Waals surface area contributed by atoms with E-state index in [9.17, 15) is 19.7 Å². The number of aromatic nitrogens is 1. The van der Waals surface area contributed by atoms with Crippen LogP contribution >= 0.6 is 11.3 Å². The van der Waals surface area contributed by atoms with E-state index in [0.29, 0.717) is 0 Å². The molecule has 0 aromatic carbocycles. The SMILES string of the molecule is CCCCOC(=O)NC(=O)CNc1ncc([N+](=O)[O-])s1. The summed E-state index contributed by atoms with van der Waals surface area (Å²) in [5.41, 5.74) is 0. The first kappa shape index (κ1) is 15.8. The van der Waals surface area contributed by atoms with Gasteiger partial charge in [-0.15, -0.1) is 0 Å². The maximum absolute atomic E-state index is 11.4. The zero-order chi connectivity index (χ0) is 15.0. The number of ether oxygens (including phenoxy) is 1. The molecule has 1 aromatic rings. The maximum Gasteiger partial charge on any atom is 0.413 e. The lowest BCUT2D eigenvalue weighted by Crippen LogP contribution is -2.35. The summed E-state index contributed by atoms with van der Waals surface area (Å²) in [6.45, 7) is 1.97. The van der Waals surface area contributed by atoms with E-state index in [1.807, 2.05) is 12.2 Å². The van der Waals surface area contributed by atoms with Crippen LogP contribution in [0.25, 0.3) is 0 Å². The van der Waals surface area contributed by atoms with Crippen molar-refractivity contribution in [3.8, 4) is 0 Å². The van der Waals surface area contributed by atoms with Crippen molar-refractivity contribution in [3.05, 3.63) is 16.3 Å². The van der Waals surface area contributed by atoms with Gasteiger partial charge in [0.15, 0.2) is 5.13 Å². The fraction of sp³-hybridized carbons (Fsp3) is 0.500. The van der Waals surface area contributed by atoms with Gasteiger partial charge in [0.25, 0.3) is 0 Å². The number of anilines is 1. The van der Waals surface area contributed by atoms with E-state index in [1.54, 1.807) is 0 Å². The largest absolute Gasteiger partial charge is 0.449 e. The molecule has 2 N–H and O–H groups in total. The summed E-state index contributed by atoms with van der Waals surface area (Å²) in [5, 5.41) is 15.1. The van der Waals surface area contributed by atoms with Crippen molar-refractivity contribution in [2.24, 2.45) is 0 Å². The van der Waals surface area contributed by atoms with Crippen LogP contribution in [-0.2, 0) is 9.53 Å². The van der Waals surface area contributed by atoms with E-state index >= 15 is 0 Å². The van der Waals surface area contributed by atoms with E-state index in [2.05, 4.69) is 10.3 Å². The molecular weight excluding hydrogens is 288 g/mol. The van der Waals surface area contributed by atoms with Gasteiger partial charge >= 0.3 is 11.1 Å². The molecule has 0 saturated carbocycles. The average molecular weight is 302 g/mol. The number of unbranched alkanes of at least 4 members (excludes halogenated alkanes) is 1. The Morgan fingerprint density at radius 3 is 2.90 bits per heavy atom. The van der Waals surface area contributed by atoms with Crippen molar-refractivity contribution in [3.63, 3.8) is 0 Å². The molecule has 0 unspecified atom stereocenters. The number of amides is 2. The molecular formula is C10H14N4O5S. The number of hydrogen-bond donors (Lipinski definition) is 2. The van der Waals surface area contributed by atoms with Crippen LogP contribution in [0.3, 0.4) is 0 Å². The van der Waals surface area contributed by atoms with Crippen LogP contribution in [0.2, 0.25) is 0 Å². The standard InChI is InChI=1S/C10H14N4O5S/c1-2-3-4-19-10(16)13-7(15)5-11-9-12-6-8(20-9)14(17)18/h6H,2-5H2,1H3,(H,11,12)(H,13,15,16). The van der Waals surface area contributed by atoms with Gasteiger partial charge in [-0.25, -0.2) is 9.78 Å². The van der Waals surface area contributed by atoms with E-state index in [-0.39, 0.29) is 23.3 Å². The molecule has 0 fully saturated rings. The molecule has 0 bridgehead atoms. The highest BCUT2D eigenvalue weighted by Gasteiger charge is 2.13. The summed E-state index contributed by atoms with van der Waals surface area (Å²) >= 11 is 0.801. The number of alkyl carbamates (subject to hydrolysis) is 1. The lowest BCUT2D eigenvalue weighted by Gasteiger charge is -2.05. The zero-order valence-corrected chi connectivity index (χ0v) is 11.6. The van der Waals surface area contributed by atoms with Crippen molar-refractivity contribution < 1.29 is 19.2 Å². The minimum absolute atomic E-state index is 0.133. The Morgan fingerprint density at radius 2 is 2.30 bits per heavy atom. The smallest absolute Gasteiger partial charge is 0.413 e. The first-order valence-corrected chi connectivity index (χ1v) is 6.65. The van der Waals surface area contributed by atoms with Crippen molar-refractivity contribution >= 4 is 33.5 Å². The van der Waals surface area contributed by atoms with Crippen LogP contribution in [0.15, 0.2) is 6.20 Å². The molecule has 0 aliphatic rings. The quantitative estimate of drug-likeness (QED) is 0.444. The minimum atomic E-state index is -0.810. The highest BCUT2D eigenvalue weighted by atomic mass is 32.1. The Bertz CT molecular complexity index is 490. The number of imide groups is 1. The third-order valence-corrected chi connectivity index (χ3v) is 2.95. The van der Waals surface area contributed by atoms with Crippen LogP contribution in [0.5, 0.6) is 0 Å². The monoisotopic (exact) mass is 302 g/mol. The summed E-state index contributed by atoms with van der Waals surface area (Å²) < 4.78 is 4.74. The molecule has 0 atom stereocenters. The van der Waals surface area contributed by atoms with Gasteiger partial charge in [0, 0.05) is 0 Å². The Labute approximate surface area is 118 Å². The van der Waals surface area contributed by atoms with Gasteiger partial charge in [-0.2, -0.15) is 0 Å². The van der Waals surface area contributed by atoms with Gasteiger partial charge in [-0.05, 0) is 17.8 Å². The second kappa shape index (κ2) is 8.04. The fourth-order valence-corrected chi connectivity index (χ4v) is 1.72. The van der Waals surface area contributed by atoms with E-state index in [1.165, 1.54) is 0 Å². The van der Waals surface area contributed by atoms with Crippen molar-refractivity contribution in [1.82, 2.24) is 10.3 Å². The number of carbonyl (C=O) groups is 2. The number of nitrogens with zero attached hydrogens (tertiary/aromatic N) is 2. The number of nitro groups is 1. The molecule has 0 spiro atoms. The lowest BCUT2D eigenvalue weighted by molar-refractivity contribution is -0.380. The van der Waals surface area contributed by atoms with E-state index < -0.39 is 16.9 Å². The molecule has 0 radical (unpaired) electrons. The number of carbonyl (C=O) groups excluding carboxylic acids is 2. The van der Waals surface area contributed by atoms with Gasteiger partial charge in [-0.3, -0.25) is 20.2 Å². The maximum atomic E-state index is 11.4. The molecule has 9 nitrogen and oxygen atoms in total. The molecule has 0 aliphatic heterocycles. The topological polar surface area (TPSA) is 123 Å². The number of hydrogen-bond acceptors (Lipinski definition) is 8. The molecule has 20 heavy (non-hydrogen) atoms. The minimum Gasteiger partial charge on any atom is -0.449 e. The van der Waals surface area contributed by atoms with E-state index in [0.717, 1.165) is 30.4 Å². The van der Waals surface area contributed by atoms with Crippen molar-refractivity contribution in [2.75, 3.05) is 18.5 Å². The second-order valence-corrected chi connectivity index (χ2v) is 4.66. The normalized spacial score (nSPS) is 9.85. The highest BCUT2D eigenvalue weighted by molar-refractivity contribution is 7.18. The second-order valence-electron chi connectivity index (χ2n) is 3.65. The molecule has 110 valence electrons. The van der Waals surface area contributed by atoms with Gasteiger partial charge < -0.3 is 10.1 Å². The third-order valence-electron chi connectivity index (χ3n) is 2.05. The first-order chi connectivity index (χ1) is 9.52. The summed E-state index contributed by atoms with van der Waals surface area (Å²) in [4.78, 5) is 36.1. The first-order valence-electron chi connectivity index (χ1n) is 5.83. The Morgan fingerprint density at radius 1 is 1.55 bits per heavy atom. The average Bonchev–Trinajstić information content (AvgIpc) is 2.85.